The number of amides is 1. The Morgan fingerprint density at radius 2 is 1.89 bits per heavy atom. The highest BCUT2D eigenvalue weighted by molar-refractivity contribution is 6.41. The van der Waals surface area contributed by atoms with Crippen LogP contribution in [0.2, 0.25) is 0 Å². The van der Waals surface area contributed by atoms with Crippen LogP contribution in [0, 0.1) is 0 Å². The Labute approximate surface area is 208 Å². The summed E-state index contributed by atoms with van der Waals surface area (Å²) in [7, 11) is 0. The molecular formula is C26H29ClN6O2. The van der Waals surface area contributed by atoms with Gasteiger partial charge in [0.25, 0.3) is 5.91 Å². The van der Waals surface area contributed by atoms with Gasteiger partial charge < -0.3 is 26.5 Å². The zero-order valence-electron chi connectivity index (χ0n) is 19.5. The number of nitrogens with zero attached hydrogens (tertiary/aromatic N) is 2. The predicted molar refractivity (Wildman–Crippen MR) is 140 cm³/mol. The van der Waals surface area contributed by atoms with E-state index < -0.39 is 11.0 Å². The zero-order valence-corrected chi connectivity index (χ0v) is 20.2. The number of alkyl halides is 1. The number of aromatic amines is 1. The van der Waals surface area contributed by atoms with Crippen LogP contribution in [0.15, 0.2) is 64.7 Å². The van der Waals surface area contributed by atoms with Gasteiger partial charge >= 0.3 is 0 Å². The number of guanidine groups is 1. The van der Waals surface area contributed by atoms with E-state index in [-0.39, 0.29) is 18.0 Å². The summed E-state index contributed by atoms with van der Waals surface area (Å²) in [5.74, 6) is 0.307. The van der Waals surface area contributed by atoms with Gasteiger partial charge in [-0.25, -0.2) is 9.98 Å². The second-order valence-corrected chi connectivity index (χ2v) is 10.4. The highest BCUT2D eigenvalue weighted by Gasteiger charge is 2.35. The predicted octanol–water partition coefficient (Wildman–Crippen LogP) is 3.21. The number of halogens is 1. The SMILES string of the molecule is CC1(Cl)CN=C(NC2C[C@@H](O)C[C@H](NC(=O)c3ccc(N)cc3)C2)N=C1c1c[nH]c2ccccc12. The Morgan fingerprint density at radius 1 is 1.14 bits per heavy atom. The lowest BCUT2D eigenvalue weighted by molar-refractivity contribution is 0.0803. The molecule has 1 aliphatic heterocycles. The van der Waals surface area contributed by atoms with Gasteiger partial charge in [0.15, 0.2) is 0 Å². The number of hydrogen-bond donors (Lipinski definition) is 5. The number of aliphatic imine (C=N–C) groups is 2. The maximum atomic E-state index is 12.7. The third kappa shape index (κ3) is 5.04. The summed E-state index contributed by atoms with van der Waals surface area (Å²) >= 11 is 6.83. The van der Waals surface area contributed by atoms with Gasteiger partial charge in [-0.1, -0.05) is 18.2 Å². The third-order valence-corrected chi connectivity index (χ3v) is 6.90. The molecule has 2 unspecified atom stereocenters. The van der Waals surface area contributed by atoms with Crippen LogP contribution in [0.1, 0.15) is 42.1 Å². The van der Waals surface area contributed by atoms with E-state index in [4.69, 9.17) is 22.3 Å². The van der Waals surface area contributed by atoms with Crippen LogP contribution in [0.25, 0.3) is 10.9 Å². The first-order valence-corrected chi connectivity index (χ1v) is 12.2. The largest absolute Gasteiger partial charge is 0.399 e. The number of benzene rings is 2. The summed E-state index contributed by atoms with van der Waals surface area (Å²) in [6.45, 7) is 2.30. The Morgan fingerprint density at radius 3 is 2.69 bits per heavy atom. The minimum Gasteiger partial charge on any atom is -0.399 e. The molecular weight excluding hydrogens is 464 g/mol. The fourth-order valence-corrected chi connectivity index (χ4v) is 5.06. The van der Waals surface area contributed by atoms with Crippen molar-refractivity contribution >= 4 is 45.8 Å². The van der Waals surface area contributed by atoms with Gasteiger partial charge in [-0.2, -0.15) is 0 Å². The molecule has 0 bridgehead atoms. The molecule has 2 aliphatic rings. The van der Waals surface area contributed by atoms with Crippen molar-refractivity contribution in [2.45, 2.75) is 49.2 Å². The number of carbonyl (C=O) groups is 1. The van der Waals surface area contributed by atoms with Crippen molar-refractivity contribution in [3.63, 3.8) is 0 Å². The highest BCUT2D eigenvalue weighted by atomic mass is 35.5. The lowest BCUT2D eigenvalue weighted by Gasteiger charge is -2.35. The van der Waals surface area contributed by atoms with Crippen molar-refractivity contribution in [1.29, 1.82) is 0 Å². The topological polar surface area (TPSA) is 128 Å². The normalized spacial score (nSPS) is 26.7. The molecule has 4 atom stereocenters. The fraction of sp³-hybridized carbons (Fsp3) is 0.346. The number of hydrogen-bond acceptors (Lipinski definition) is 6. The maximum Gasteiger partial charge on any atom is 0.251 e. The smallest absolute Gasteiger partial charge is 0.251 e. The zero-order chi connectivity index (χ0) is 24.6. The van der Waals surface area contributed by atoms with Crippen LogP contribution in [0.4, 0.5) is 5.69 Å². The van der Waals surface area contributed by atoms with Gasteiger partial charge in [-0.15, -0.1) is 11.6 Å². The number of nitrogens with one attached hydrogen (secondary N) is 3. The summed E-state index contributed by atoms with van der Waals surface area (Å²) in [6.07, 6.45) is 3.07. The van der Waals surface area contributed by atoms with Gasteiger partial charge in [0, 0.05) is 46.0 Å². The lowest BCUT2D eigenvalue weighted by Crippen LogP contribution is -2.50. The molecule has 9 heteroatoms. The van der Waals surface area contributed by atoms with Crippen LogP contribution >= 0.6 is 11.6 Å². The van der Waals surface area contributed by atoms with Crippen LogP contribution in [-0.2, 0) is 0 Å². The van der Waals surface area contributed by atoms with E-state index in [1.54, 1.807) is 24.3 Å². The third-order valence-electron chi connectivity index (χ3n) is 6.61. The van der Waals surface area contributed by atoms with E-state index in [0.29, 0.717) is 43.0 Å². The average Bonchev–Trinajstić information content (AvgIpc) is 3.24. The van der Waals surface area contributed by atoms with Crippen molar-refractivity contribution in [2.24, 2.45) is 9.98 Å². The molecule has 0 spiro atoms. The molecule has 1 saturated carbocycles. The minimum atomic E-state index is -0.738. The highest BCUT2D eigenvalue weighted by Crippen LogP contribution is 2.30. The molecule has 0 saturated heterocycles. The number of nitrogens with two attached hydrogens (primary N) is 1. The summed E-state index contributed by atoms with van der Waals surface area (Å²) in [6, 6.07) is 14.5. The van der Waals surface area contributed by atoms with E-state index in [9.17, 15) is 9.90 Å². The van der Waals surface area contributed by atoms with E-state index in [1.807, 2.05) is 37.4 Å². The number of aliphatic hydroxyl groups excluding tert-OH is 1. The second kappa shape index (κ2) is 9.36. The van der Waals surface area contributed by atoms with Crippen LogP contribution in [-0.4, -0.2) is 57.3 Å². The summed E-state index contributed by atoms with van der Waals surface area (Å²) < 4.78 is 0. The van der Waals surface area contributed by atoms with Crippen molar-refractivity contribution in [1.82, 2.24) is 15.6 Å². The molecule has 8 nitrogen and oxygen atoms in total. The quantitative estimate of drug-likeness (QED) is 0.283. The van der Waals surface area contributed by atoms with Crippen molar-refractivity contribution < 1.29 is 9.90 Å². The summed E-state index contributed by atoms with van der Waals surface area (Å²) in [5.41, 5.74) is 9.57. The number of aromatic nitrogens is 1. The Balaban J connectivity index is 1.31. The minimum absolute atomic E-state index is 0.0955. The maximum absolute atomic E-state index is 12.7. The van der Waals surface area contributed by atoms with E-state index >= 15 is 0 Å². The molecule has 5 rings (SSSR count). The first kappa shape index (κ1) is 23.4. The number of fused-ring (bicyclic) bond motifs is 1. The number of para-hydroxylation sites is 1. The first-order valence-electron chi connectivity index (χ1n) is 11.8. The second-order valence-electron chi connectivity index (χ2n) is 9.54. The Kier molecular flexibility index (Phi) is 6.25. The van der Waals surface area contributed by atoms with E-state index in [1.165, 1.54) is 0 Å². The number of aliphatic hydroxyl groups is 1. The number of anilines is 1. The number of nitrogen functional groups attached to an aromatic ring is 1. The average molecular weight is 493 g/mol. The van der Waals surface area contributed by atoms with E-state index in [0.717, 1.165) is 22.2 Å². The van der Waals surface area contributed by atoms with Crippen LogP contribution in [0.5, 0.6) is 0 Å². The van der Waals surface area contributed by atoms with Crippen molar-refractivity contribution in [3.8, 4) is 0 Å². The fourth-order valence-electron chi connectivity index (χ4n) is 4.85. The number of H-pyrrole nitrogens is 1. The standard InChI is InChI=1S/C26H29ClN6O2/c1-26(27)14-30-25(33-23(26)21-13-29-22-5-3-2-4-20(21)22)32-18-10-17(11-19(34)12-18)31-24(35)15-6-8-16(28)9-7-15/h2-9,13,17-19,29,34H,10-12,14,28H2,1H3,(H,30,32)(H,31,35)/t17-,18?,19+,26?/m1/s1. The molecule has 3 aromatic rings. The molecule has 1 amide bonds. The molecule has 35 heavy (non-hydrogen) atoms. The Hall–Kier alpha value is -3.36. The number of carbonyl (C=O) groups excluding carboxylic acids is 1. The molecule has 182 valence electrons. The van der Waals surface area contributed by atoms with Gasteiger partial charge in [-0.3, -0.25) is 4.79 Å². The van der Waals surface area contributed by atoms with Crippen molar-refractivity contribution in [2.75, 3.05) is 12.3 Å². The molecule has 1 aromatic heterocycles. The van der Waals surface area contributed by atoms with Gasteiger partial charge in [0.1, 0.15) is 4.87 Å². The summed E-state index contributed by atoms with van der Waals surface area (Å²) in [4.78, 5) is 24.6. The Bertz CT molecular complexity index is 1300. The van der Waals surface area contributed by atoms with Crippen LogP contribution < -0.4 is 16.4 Å². The molecule has 2 aromatic carbocycles. The van der Waals surface area contributed by atoms with Crippen molar-refractivity contribution in [3.05, 3.63) is 65.9 Å². The first-order chi connectivity index (χ1) is 16.8. The van der Waals surface area contributed by atoms with Gasteiger partial charge in [-0.05, 0) is 56.5 Å². The monoisotopic (exact) mass is 492 g/mol. The van der Waals surface area contributed by atoms with Gasteiger partial charge in [0.2, 0.25) is 5.96 Å². The van der Waals surface area contributed by atoms with E-state index in [2.05, 4.69) is 20.6 Å². The molecule has 1 fully saturated rings. The number of rotatable bonds is 4. The summed E-state index contributed by atoms with van der Waals surface area (Å²) in [5, 5.41) is 18.0. The molecule has 1 aliphatic carbocycles. The lowest BCUT2D eigenvalue weighted by atomic mass is 9.88. The van der Waals surface area contributed by atoms with Gasteiger partial charge in [0.05, 0.1) is 18.4 Å². The van der Waals surface area contributed by atoms with Crippen LogP contribution in [0.3, 0.4) is 0 Å². The molecule has 2 heterocycles. The molecule has 0 radical (unpaired) electrons. The molecule has 6 N–H and O–H groups in total.